The van der Waals surface area contributed by atoms with E-state index in [0.717, 1.165) is 25.0 Å². The summed E-state index contributed by atoms with van der Waals surface area (Å²) in [6.07, 6.45) is 5.37. The average molecular weight is 482 g/mol. The number of hydrogen-bond donors (Lipinski definition) is 2. The molecule has 5 rings (SSSR count). The molecule has 1 aliphatic carbocycles. The quantitative estimate of drug-likeness (QED) is 0.554. The summed E-state index contributed by atoms with van der Waals surface area (Å²) >= 11 is 0. The maximum Gasteiger partial charge on any atom is 0.273 e. The van der Waals surface area contributed by atoms with Crippen LogP contribution in [0.3, 0.4) is 0 Å². The number of piperidine rings is 1. The van der Waals surface area contributed by atoms with E-state index in [4.69, 9.17) is 4.52 Å². The lowest BCUT2D eigenvalue weighted by Gasteiger charge is -2.36. The van der Waals surface area contributed by atoms with Crippen LogP contribution in [0.15, 0.2) is 47.2 Å². The highest BCUT2D eigenvalue weighted by atomic mass is 19.1. The summed E-state index contributed by atoms with van der Waals surface area (Å²) in [4.78, 5) is 36.9. The van der Waals surface area contributed by atoms with E-state index in [1.807, 2.05) is 11.9 Å². The van der Waals surface area contributed by atoms with Crippen LogP contribution in [0, 0.1) is 17.6 Å². The lowest BCUT2D eigenvalue weighted by Crippen LogP contribution is -2.56. The van der Waals surface area contributed by atoms with Crippen molar-refractivity contribution in [3.8, 4) is 11.3 Å². The molecular weight excluding hydrogens is 458 g/mol. The van der Waals surface area contributed by atoms with Crippen LogP contribution in [0.2, 0.25) is 0 Å². The number of halogens is 2. The second kappa shape index (κ2) is 9.14. The summed E-state index contributed by atoms with van der Waals surface area (Å²) < 4.78 is 32.4. The van der Waals surface area contributed by atoms with Crippen LogP contribution < -0.4 is 10.6 Å². The highest BCUT2D eigenvalue weighted by Crippen LogP contribution is 2.44. The molecule has 2 fully saturated rings. The Hall–Kier alpha value is -3.73. The Labute approximate surface area is 199 Å². The smallest absolute Gasteiger partial charge is 0.273 e. The zero-order chi connectivity index (χ0) is 24.6. The second-order valence-electron chi connectivity index (χ2n) is 9.08. The molecule has 2 N–H and O–H groups in total. The summed E-state index contributed by atoms with van der Waals surface area (Å²) in [5, 5.41) is 9.73. The van der Waals surface area contributed by atoms with Gasteiger partial charge in [0.2, 0.25) is 5.91 Å². The summed E-state index contributed by atoms with van der Waals surface area (Å²) in [5.41, 5.74) is -0.631. The normalized spacial score (nSPS) is 21.3. The van der Waals surface area contributed by atoms with Gasteiger partial charge in [-0.05, 0) is 51.1 Å². The topological polar surface area (TPSA) is 113 Å². The minimum atomic E-state index is -0.823. The molecule has 35 heavy (non-hydrogen) atoms. The first-order chi connectivity index (χ1) is 16.8. The van der Waals surface area contributed by atoms with Crippen LogP contribution in [0.4, 0.5) is 8.78 Å². The Morgan fingerprint density at radius 1 is 1.17 bits per heavy atom. The van der Waals surface area contributed by atoms with Gasteiger partial charge in [-0.3, -0.25) is 9.59 Å². The average Bonchev–Trinajstić information content (AvgIpc) is 3.46. The van der Waals surface area contributed by atoms with Crippen LogP contribution in [0.1, 0.15) is 35.6 Å². The van der Waals surface area contributed by atoms with Crippen molar-refractivity contribution in [1.29, 1.82) is 0 Å². The fraction of sp³-hybridized carbons (Fsp3) is 0.375. The zero-order valence-electron chi connectivity index (χ0n) is 19.0. The summed E-state index contributed by atoms with van der Waals surface area (Å²) in [7, 11) is 1.92. The van der Waals surface area contributed by atoms with Crippen LogP contribution in [-0.2, 0) is 10.3 Å². The first-order valence-electron chi connectivity index (χ1n) is 11.4. The number of aromatic nitrogens is 3. The van der Waals surface area contributed by atoms with Gasteiger partial charge in [0.05, 0.1) is 17.0 Å². The van der Waals surface area contributed by atoms with Crippen LogP contribution in [0.5, 0.6) is 0 Å². The zero-order valence-corrected chi connectivity index (χ0v) is 19.0. The van der Waals surface area contributed by atoms with Crippen molar-refractivity contribution >= 4 is 11.8 Å². The highest BCUT2D eigenvalue weighted by molar-refractivity contribution is 5.94. The molecule has 182 valence electrons. The van der Waals surface area contributed by atoms with Crippen molar-refractivity contribution in [3.63, 3.8) is 0 Å². The molecule has 0 radical (unpaired) electrons. The van der Waals surface area contributed by atoms with Crippen molar-refractivity contribution < 1.29 is 22.9 Å². The molecule has 0 bridgehead atoms. The molecule has 1 aromatic carbocycles. The molecule has 3 aromatic rings. The molecule has 2 atom stereocenters. The van der Waals surface area contributed by atoms with Crippen molar-refractivity contribution in [3.05, 3.63) is 65.9 Å². The van der Waals surface area contributed by atoms with Gasteiger partial charge in [-0.2, -0.15) is 0 Å². The van der Waals surface area contributed by atoms with Crippen LogP contribution in [-0.4, -0.2) is 58.0 Å². The lowest BCUT2D eigenvalue weighted by molar-refractivity contribution is -0.128. The van der Waals surface area contributed by atoms with E-state index < -0.39 is 35.0 Å². The molecule has 3 heterocycles. The van der Waals surface area contributed by atoms with Gasteiger partial charge in [-0.15, -0.1) is 0 Å². The number of amides is 2. The first kappa shape index (κ1) is 23.0. The van der Waals surface area contributed by atoms with E-state index in [9.17, 15) is 18.4 Å². The molecule has 9 nitrogen and oxygen atoms in total. The Bertz CT molecular complexity index is 1250. The monoisotopic (exact) mass is 482 g/mol. The predicted octanol–water partition coefficient (Wildman–Crippen LogP) is 2.27. The molecule has 0 spiro atoms. The molecule has 2 aromatic heterocycles. The third-order valence-electron chi connectivity index (χ3n) is 6.51. The van der Waals surface area contributed by atoms with Gasteiger partial charge in [-0.25, -0.2) is 18.7 Å². The van der Waals surface area contributed by atoms with E-state index in [1.165, 1.54) is 12.1 Å². The van der Waals surface area contributed by atoms with Crippen molar-refractivity contribution in [2.75, 3.05) is 20.1 Å². The van der Waals surface area contributed by atoms with Crippen LogP contribution >= 0.6 is 0 Å². The number of nitrogens with one attached hydrogen (secondary N) is 2. The van der Waals surface area contributed by atoms with Crippen molar-refractivity contribution in [2.24, 2.45) is 5.92 Å². The summed E-state index contributed by atoms with van der Waals surface area (Å²) in [6, 6.07) is 5.62. The van der Waals surface area contributed by atoms with E-state index in [2.05, 4.69) is 25.8 Å². The van der Waals surface area contributed by atoms with Crippen molar-refractivity contribution in [1.82, 2.24) is 30.7 Å². The lowest BCUT2D eigenvalue weighted by atomic mass is 9.90. The predicted molar refractivity (Wildman–Crippen MR) is 120 cm³/mol. The largest absolute Gasteiger partial charge is 0.355 e. The van der Waals surface area contributed by atoms with Gasteiger partial charge < -0.3 is 20.1 Å². The van der Waals surface area contributed by atoms with Gasteiger partial charge in [-0.1, -0.05) is 5.16 Å². The third kappa shape index (κ3) is 4.76. The molecule has 0 unspecified atom stereocenters. The highest BCUT2D eigenvalue weighted by Gasteiger charge is 2.50. The molecule has 1 saturated heterocycles. The Balaban J connectivity index is 1.29. The van der Waals surface area contributed by atoms with Gasteiger partial charge in [0.25, 0.3) is 5.91 Å². The second-order valence-corrected chi connectivity index (χ2v) is 9.08. The summed E-state index contributed by atoms with van der Waals surface area (Å²) in [6.45, 7) is 1.17. The van der Waals surface area contributed by atoms with Gasteiger partial charge in [0, 0.05) is 37.1 Å². The molecule has 2 aliphatic rings. The molecule has 11 heteroatoms. The maximum absolute atomic E-state index is 14.1. The minimum Gasteiger partial charge on any atom is -0.355 e. The van der Waals surface area contributed by atoms with Gasteiger partial charge >= 0.3 is 0 Å². The molecular formula is C24H24F2N6O3. The Morgan fingerprint density at radius 3 is 2.66 bits per heavy atom. The fourth-order valence-corrected chi connectivity index (χ4v) is 4.40. The number of nitrogens with zero attached hydrogens (tertiary/aromatic N) is 4. The van der Waals surface area contributed by atoms with Gasteiger partial charge in [0.15, 0.2) is 17.3 Å². The molecule has 1 saturated carbocycles. The third-order valence-corrected chi connectivity index (χ3v) is 6.51. The SMILES string of the molecule is CN1CC[C@H](NC(=O)c2cc(-c3ccc(F)cc3F)on2)[C@@H](C(=O)NC2(c3ncccn3)CC2)C1. The Kier molecular flexibility index (Phi) is 6.01. The minimum absolute atomic E-state index is 0.00357. The van der Waals surface area contributed by atoms with Crippen molar-refractivity contribution in [2.45, 2.75) is 30.8 Å². The number of carbonyl (C=O) groups is 2. The standard InChI is InChI=1S/C24H24F2N6O3/c1-32-10-5-18(16(13-32)21(33)30-24(6-7-24)23-27-8-2-9-28-23)29-22(34)19-12-20(35-31-19)15-4-3-14(25)11-17(15)26/h2-4,8-9,11-12,16,18H,5-7,10,13H2,1H3,(H,29,34)(H,30,33)/t16-,18-/m0/s1. The van der Waals surface area contributed by atoms with E-state index in [1.54, 1.807) is 18.5 Å². The number of likely N-dealkylation sites (tertiary alicyclic amines) is 1. The number of benzene rings is 1. The van der Waals surface area contributed by atoms with Gasteiger partial charge in [0.1, 0.15) is 11.6 Å². The summed E-state index contributed by atoms with van der Waals surface area (Å²) in [5.74, 6) is -2.17. The Morgan fingerprint density at radius 2 is 1.94 bits per heavy atom. The van der Waals surface area contributed by atoms with E-state index in [0.29, 0.717) is 25.3 Å². The number of hydrogen-bond acceptors (Lipinski definition) is 7. The van der Waals surface area contributed by atoms with E-state index in [-0.39, 0.29) is 22.9 Å². The number of rotatable bonds is 6. The molecule has 1 aliphatic heterocycles. The fourth-order valence-electron chi connectivity index (χ4n) is 4.40. The van der Waals surface area contributed by atoms with E-state index >= 15 is 0 Å². The van der Waals surface area contributed by atoms with Crippen LogP contribution in [0.25, 0.3) is 11.3 Å². The first-order valence-corrected chi connectivity index (χ1v) is 11.4. The molecule has 2 amide bonds. The maximum atomic E-state index is 14.1. The number of carbonyl (C=O) groups excluding carboxylic acids is 2.